The lowest BCUT2D eigenvalue weighted by Gasteiger charge is -2.10. The monoisotopic (exact) mass is 366 g/mol. The lowest BCUT2D eigenvalue weighted by Crippen LogP contribution is -2.05. The van der Waals surface area contributed by atoms with Crippen LogP contribution in [0.25, 0.3) is 0 Å². The van der Waals surface area contributed by atoms with Gasteiger partial charge in [-0.05, 0) is 19.3 Å². The Bertz CT molecular complexity index is 335. The fourth-order valence-electron chi connectivity index (χ4n) is 3.36. The third-order valence-corrected chi connectivity index (χ3v) is 5.22. The van der Waals surface area contributed by atoms with Crippen molar-refractivity contribution in [3.63, 3.8) is 0 Å². The first-order chi connectivity index (χ1) is 12.6. The van der Waals surface area contributed by atoms with E-state index in [4.69, 9.17) is 4.74 Å². The highest BCUT2D eigenvalue weighted by molar-refractivity contribution is 5.86. The van der Waals surface area contributed by atoms with Gasteiger partial charge in [-0.25, -0.2) is 4.79 Å². The number of ether oxygens (including phenoxy) is 1. The second-order valence-electron chi connectivity index (χ2n) is 8.19. The van der Waals surface area contributed by atoms with Gasteiger partial charge in [-0.15, -0.1) is 0 Å². The average Bonchev–Trinajstić information content (AvgIpc) is 2.62. The summed E-state index contributed by atoms with van der Waals surface area (Å²) >= 11 is 0. The number of hydrogen-bond donors (Lipinski definition) is 0. The Morgan fingerprint density at radius 1 is 0.769 bits per heavy atom. The predicted octanol–water partition coefficient (Wildman–Crippen LogP) is 8.00. The van der Waals surface area contributed by atoms with Crippen LogP contribution < -0.4 is 0 Å². The first-order valence-corrected chi connectivity index (χ1v) is 11.4. The second-order valence-corrected chi connectivity index (χ2v) is 8.19. The topological polar surface area (TPSA) is 26.3 Å². The Kier molecular flexibility index (Phi) is 18.4. The van der Waals surface area contributed by atoms with Crippen molar-refractivity contribution in [1.82, 2.24) is 0 Å². The van der Waals surface area contributed by atoms with Crippen molar-refractivity contribution in [3.8, 4) is 0 Å². The highest BCUT2D eigenvalue weighted by atomic mass is 16.5. The van der Waals surface area contributed by atoms with Crippen LogP contribution in [0.3, 0.4) is 0 Å². The minimum absolute atomic E-state index is 0.254. The summed E-state index contributed by atoms with van der Waals surface area (Å²) in [6.45, 7) is 10.5. The summed E-state index contributed by atoms with van der Waals surface area (Å²) in [4.78, 5) is 11.2. The van der Waals surface area contributed by atoms with Crippen LogP contribution in [0.1, 0.15) is 124 Å². The molecule has 2 nitrogen and oxygen atoms in total. The summed E-state index contributed by atoms with van der Waals surface area (Å²) in [5.41, 5.74) is 0.492. The van der Waals surface area contributed by atoms with Gasteiger partial charge in [0.1, 0.15) is 0 Å². The van der Waals surface area contributed by atoms with E-state index >= 15 is 0 Å². The second kappa shape index (κ2) is 19.0. The molecule has 0 saturated carbocycles. The third kappa shape index (κ3) is 18.0. The van der Waals surface area contributed by atoms with Crippen molar-refractivity contribution in [2.45, 2.75) is 124 Å². The zero-order valence-electron chi connectivity index (χ0n) is 18.1. The van der Waals surface area contributed by atoms with Crippen molar-refractivity contribution in [2.24, 2.45) is 5.92 Å². The Hall–Kier alpha value is -0.790. The first-order valence-electron chi connectivity index (χ1n) is 11.4. The SMILES string of the molecule is C=C(C)C(=O)OCCCCCCCCCCCCC(C)CCCCCC. The van der Waals surface area contributed by atoms with Crippen LogP contribution in [0, 0.1) is 5.92 Å². The Labute approximate surface area is 164 Å². The minimum atomic E-state index is -0.254. The van der Waals surface area contributed by atoms with Gasteiger partial charge in [0.05, 0.1) is 6.61 Å². The van der Waals surface area contributed by atoms with Crippen molar-refractivity contribution >= 4 is 5.97 Å². The molecular formula is C24H46O2. The van der Waals surface area contributed by atoms with Crippen molar-refractivity contribution in [2.75, 3.05) is 6.61 Å². The molecule has 0 bridgehead atoms. The van der Waals surface area contributed by atoms with Gasteiger partial charge in [-0.2, -0.15) is 0 Å². The number of carbonyl (C=O) groups excluding carboxylic acids is 1. The summed E-state index contributed by atoms with van der Waals surface area (Å²) in [5, 5.41) is 0. The maximum absolute atomic E-state index is 11.2. The molecule has 0 saturated heterocycles. The largest absolute Gasteiger partial charge is 0.462 e. The number of esters is 1. The summed E-state index contributed by atoms with van der Waals surface area (Å²) < 4.78 is 5.10. The average molecular weight is 367 g/mol. The van der Waals surface area contributed by atoms with E-state index in [1.54, 1.807) is 6.92 Å². The van der Waals surface area contributed by atoms with Gasteiger partial charge < -0.3 is 4.74 Å². The molecule has 0 fully saturated rings. The number of carbonyl (C=O) groups is 1. The summed E-state index contributed by atoms with van der Waals surface area (Å²) in [6, 6.07) is 0. The van der Waals surface area contributed by atoms with Gasteiger partial charge in [0.15, 0.2) is 0 Å². The quantitative estimate of drug-likeness (QED) is 0.131. The molecule has 1 unspecified atom stereocenters. The highest BCUT2D eigenvalue weighted by Crippen LogP contribution is 2.18. The zero-order chi connectivity index (χ0) is 19.5. The van der Waals surface area contributed by atoms with E-state index in [0.29, 0.717) is 12.2 Å². The van der Waals surface area contributed by atoms with Crippen LogP contribution in [0.15, 0.2) is 12.2 Å². The molecule has 0 aromatic rings. The van der Waals surface area contributed by atoms with Gasteiger partial charge in [-0.1, -0.05) is 117 Å². The van der Waals surface area contributed by atoms with Gasteiger partial charge in [0.2, 0.25) is 0 Å². The predicted molar refractivity (Wildman–Crippen MR) is 114 cm³/mol. The Balaban J connectivity index is 3.17. The fourth-order valence-corrected chi connectivity index (χ4v) is 3.36. The van der Waals surface area contributed by atoms with E-state index in [1.807, 2.05) is 0 Å². The maximum atomic E-state index is 11.2. The van der Waals surface area contributed by atoms with Crippen LogP contribution in [0.5, 0.6) is 0 Å². The number of rotatable bonds is 19. The van der Waals surface area contributed by atoms with Crippen LogP contribution >= 0.6 is 0 Å². The fraction of sp³-hybridized carbons (Fsp3) is 0.875. The van der Waals surface area contributed by atoms with Crippen molar-refractivity contribution in [3.05, 3.63) is 12.2 Å². The molecule has 2 heteroatoms. The molecule has 0 aliphatic carbocycles. The smallest absolute Gasteiger partial charge is 0.333 e. The van der Waals surface area contributed by atoms with Gasteiger partial charge in [0, 0.05) is 5.57 Å². The number of hydrogen-bond acceptors (Lipinski definition) is 2. The van der Waals surface area contributed by atoms with E-state index in [9.17, 15) is 4.79 Å². The molecule has 0 radical (unpaired) electrons. The van der Waals surface area contributed by atoms with Gasteiger partial charge in [-0.3, -0.25) is 0 Å². The molecule has 154 valence electrons. The summed E-state index contributed by atoms with van der Waals surface area (Å²) in [7, 11) is 0. The maximum Gasteiger partial charge on any atom is 0.333 e. The minimum Gasteiger partial charge on any atom is -0.462 e. The van der Waals surface area contributed by atoms with Gasteiger partial charge >= 0.3 is 5.97 Å². The van der Waals surface area contributed by atoms with Crippen LogP contribution in [0.4, 0.5) is 0 Å². The molecule has 26 heavy (non-hydrogen) atoms. The molecule has 1 atom stereocenters. The van der Waals surface area contributed by atoms with Crippen LogP contribution in [-0.4, -0.2) is 12.6 Å². The molecular weight excluding hydrogens is 320 g/mol. The lowest BCUT2D eigenvalue weighted by atomic mass is 9.96. The van der Waals surface area contributed by atoms with E-state index in [2.05, 4.69) is 20.4 Å². The molecule has 0 rings (SSSR count). The Morgan fingerprint density at radius 2 is 1.19 bits per heavy atom. The van der Waals surface area contributed by atoms with Crippen LogP contribution in [-0.2, 0) is 9.53 Å². The highest BCUT2D eigenvalue weighted by Gasteiger charge is 2.03. The molecule has 0 N–H and O–H groups in total. The number of unbranched alkanes of at least 4 members (excludes halogenated alkanes) is 12. The lowest BCUT2D eigenvalue weighted by molar-refractivity contribution is -0.139. The van der Waals surface area contributed by atoms with E-state index in [-0.39, 0.29) is 5.97 Å². The molecule has 0 aliphatic rings. The summed E-state index contributed by atoms with van der Waals surface area (Å²) in [5.74, 6) is 0.678. The molecule has 0 spiro atoms. The molecule has 0 aromatic heterocycles. The molecule has 0 aliphatic heterocycles. The van der Waals surface area contributed by atoms with Gasteiger partial charge in [0.25, 0.3) is 0 Å². The molecule has 0 amide bonds. The standard InChI is InChI=1S/C24H46O2/c1-5-6-7-16-19-23(4)20-17-14-12-10-8-9-11-13-15-18-21-26-24(25)22(2)3/h23H,2,5-21H2,1,3-4H3. The van der Waals surface area contributed by atoms with Crippen molar-refractivity contribution in [1.29, 1.82) is 0 Å². The normalized spacial score (nSPS) is 12.1. The third-order valence-electron chi connectivity index (χ3n) is 5.22. The van der Waals surface area contributed by atoms with Crippen molar-refractivity contribution < 1.29 is 9.53 Å². The van der Waals surface area contributed by atoms with Crippen LogP contribution in [0.2, 0.25) is 0 Å². The van der Waals surface area contributed by atoms with E-state index in [0.717, 1.165) is 12.3 Å². The molecule has 0 aromatic carbocycles. The summed E-state index contributed by atoms with van der Waals surface area (Å²) in [6.07, 6.45) is 21.6. The zero-order valence-corrected chi connectivity index (χ0v) is 18.1. The van der Waals surface area contributed by atoms with E-state index < -0.39 is 0 Å². The first kappa shape index (κ1) is 25.2. The van der Waals surface area contributed by atoms with E-state index in [1.165, 1.54) is 96.3 Å². The Morgan fingerprint density at radius 3 is 1.65 bits per heavy atom. The molecule has 0 heterocycles.